The quantitative estimate of drug-likeness (QED) is 0.256. The molecule has 0 aromatic carbocycles. The van der Waals surface area contributed by atoms with Gasteiger partial charge in [-0.05, 0) is 78.6 Å². The molecule has 10 heteroatoms. The number of rotatable bonds is 12. The maximum Gasteiger partial charge on any atom is 0.311 e. The first-order chi connectivity index (χ1) is 13.1. The van der Waals surface area contributed by atoms with Crippen LogP contribution in [0.2, 0.25) is 78.6 Å². The summed E-state index contributed by atoms with van der Waals surface area (Å²) in [6, 6.07) is 0. The van der Waals surface area contributed by atoms with Crippen LogP contribution in [0.3, 0.4) is 0 Å². The summed E-state index contributed by atoms with van der Waals surface area (Å²) in [7, 11) is -11.0. The van der Waals surface area contributed by atoms with E-state index in [0.29, 0.717) is 0 Å². The lowest BCUT2D eigenvalue weighted by atomic mass is 11.3. The van der Waals surface area contributed by atoms with Crippen LogP contribution in [0.1, 0.15) is 0 Å². The van der Waals surface area contributed by atoms with Gasteiger partial charge in [0.2, 0.25) is 0 Å². The highest BCUT2D eigenvalue weighted by Gasteiger charge is 2.38. The Labute approximate surface area is 194 Å². The van der Waals surface area contributed by atoms with E-state index in [0.717, 1.165) is 0 Å². The van der Waals surface area contributed by atoms with Gasteiger partial charge in [0.1, 0.15) is 0 Å². The summed E-state index contributed by atoms with van der Waals surface area (Å²) in [6.07, 6.45) is 0. The van der Waals surface area contributed by atoms with E-state index in [9.17, 15) is 0 Å². The Bertz CT molecular complexity index is 498. The fourth-order valence-electron chi connectivity index (χ4n) is 2.74. The van der Waals surface area contributed by atoms with E-state index in [1.807, 2.05) is 22.8 Å². The summed E-state index contributed by atoms with van der Waals surface area (Å²) in [5.74, 6) is 0. The first-order valence-electron chi connectivity index (χ1n) is 10.4. The zero-order chi connectivity index (χ0) is 24.7. The fourth-order valence-corrected chi connectivity index (χ4v) is 25.4. The molecule has 0 unspecified atom stereocenters. The van der Waals surface area contributed by atoms with E-state index in [2.05, 4.69) is 105 Å². The van der Waals surface area contributed by atoms with Crippen LogP contribution in [-0.2, 0) is 16.5 Å². The van der Waals surface area contributed by atoms with Crippen LogP contribution in [0.15, 0.2) is 49.1 Å². The van der Waals surface area contributed by atoms with Gasteiger partial charge < -0.3 is 16.5 Å². The Hall–Kier alpha value is 0.101. The van der Waals surface area contributed by atoms with Crippen molar-refractivity contribution in [2.24, 2.45) is 0 Å². The third-order valence-corrected chi connectivity index (χ3v) is 24.2. The van der Waals surface area contributed by atoms with E-state index in [1.54, 1.807) is 0 Å². The first-order valence-corrected chi connectivity index (χ1v) is 28.0. The summed E-state index contributed by atoms with van der Waals surface area (Å²) < 4.78 is 24.5. The predicted octanol–water partition coefficient (Wildman–Crippen LogP) is 7.16. The van der Waals surface area contributed by atoms with Gasteiger partial charge in [0.15, 0.2) is 33.3 Å². The van der Waals surface area contributed by atoms with E-state index >= 15 is 0 Å². The van der Waals surface area contributed by atoms with E-state index in [1.165, 1.54) is 0 Å². The number of hydrogen-bond acceptors (Lipinski definition) is 4. The summed E-state index contributed by atoms with van der Waals surface area (Å²) in [5.41, 5.74) is 7.81. The second-order valence-electron chi connectivity index (χ2n) is 10.4. The van der Waals surface area contributed by atoms with Gasteiger partial charge in [0.05, 0.1) is 0 Å². The minimum absolute atomic E-state index is 1.74. The van der Waals surface area contributed by atoms with Crippen LogP contribution in [0, 0.1) is 0 Å². The molecule has 0 radical (unpaired) electrons. The Kier molecular flexibility index (Phi) is 12.7. The smallest absolute Gasteiger partial charge is 0.311 e. The highest BCUT2D eigenvalue weighted by Crippen LogP contribution is 2.22. The minimum Gasteiger partial charge on any atom is -0.433 e. The normalized spacial score (nSPS) is 13.7. The van der Waals surface area contributed by atoms with Crippen LogP contribution < -0.4 is 0 Å². The molecule has 30 heavy (non-hydrogen) atoms. The van der Waals surface area contributed by atoms with Crippen LogP contribution >= 0.6 is 0 Å². The van der Waals surface area contributed by atoms with Crippen molar-refractivity contribution < 1.29 is 16.5 Å². The summed E-state index contributed by atoms with van der Waals surface area (Å²) in [4.78, 5) is 0. The average Bonchev–Trinajstić information content (AvgIpc) is 2.51. The van der Waals surface area contributed by atoms with Gasteiger partial charge in [-0.25, -0.2) is 0 Å². The lowest BCUT2D eigenvalue weighted by Crippen LogP contribution is -2.51. The van der Waals surface area contributed by atoms with Gasteiger partial charge in [0, 0.05) is 0 Å². The van der Waals surface area contributed by atoms with Crippen molar-refractivity contribution in [2.75, 3.05) is 0 Å². The lowest BCUT2D eigenvalue weighted by Gasteiger charge is -2.36. The highest BCUT2D eigenvalue weighted by atomic mass is 28.5. The molecule has 0 aliphatic rings. The molecule has 0 aromatic rings. The molecule has 0 saturated heterocycles. The van der Waals surface area contributed by atoms with Gasteiger partial charge in [-0.3, -0.25) is 0 Å². The molecule has 0 rings (SSSR count). The zero-order valence-electron chi connectivity index (χ0n) is 21.8. The zero-order valence-corrected chi connectivity index (χ0v) is 27.8. The van der Waals surface area contributed by atoms with Crippen LogP contribution in [0.25, 0.3) is 0 Å². The van der Waals surface area contributed by atoms with E-state index in [4.69, 9.17) is 16.5 Å². The Balaban J connectivity index is 0. The van der Waals surface area contributed by atoms with Gasteiger partial charge in [-0.2, -0.15) is 0 Å². The van der Waals surface area contributed by atoms with Crippen molar-refractivity contribution in [2.45, 2.75) is 78.6 Å². The molecule has 4 nitrogen and oxygen atoms in total. The summed E-state index contributed by atoms with van der Waals surface area (Å²) in [5, 5.41) is 0. The third kappa shape index (κ3) is 15.8. The molecule has 0 bridgehead atoms. The highest BCUT2D eigenvalue weighted by molar-refractivity contribution is 6.91. The van der Waals surface area contributed by atoms with Crippen LogP contribution in [-0.4, -0.2) is 50.4 Å². The Morgan fingerprint density at radius 3 is 0.600 bits per heavy atom. The Morgan fingerprint density at radius 1 is 0.367 bits per heavy atom. The van der Waals surface area contributed by atoms with Crippen molar-refractivity contribution in [1.29, 1.82) is 0 Å². The molecule has 0 aliphatic heterocycles. The third-order valence-electron chi connectivity index (χ3n) is 4.00. The topological polar surface area (TPSA) is 36.9 Å². The molecule has 0 amide bonds. The van der Waals surface area contributed by atoms with Gasteiger partial charge in [0.25, 0.3) is 0 Å². The molecule has 0 saturated carbocycles. The number of hydrogen-bond donors (Lipinski definition) is 0. The second-order valence-corrected chi connectivity index (χ2v) is 33.8. The van der Waals surface area contributed by atoms with Crippen LogP contribution in [0.4, 0.5) is 0 Å². The molecule has 0 atom stereocenters. The molecule has 176 valence electrons. The van der Waals surface area contributed by atoms with E-state index < -0.39 is 50.4 Å². The summed E-state index contributed by atoms with van der Waals surface area (Å²) >= 11 is 0. The molecule has 0 aliphatic carbocycles. The second kappa shape index (κ2) is 11.8. The predicted molar refractivity (Wildman–Crippen MR) is 150 cm³/mol. The summed E-state index contributed by atoms with van der Waals surface area (Å²) in [6.45, 7) is 40.8. The van der Waals surface area contributed by atoms with Crippen LogP contribution in [0.5, 0.6) is 0 Å². The molecule has 0 heterocycles. The van der Waals surface area contributed by atoms with Gasteiger partial charge in [-0.1, -0.05) is 22.8 Å². The first kappa shape index (κ1) is 32.3. The van der Waals surface area contributed by atoms with E-state index in [-0.39, 0.29) is 0 Å². The molecular formula is C20H48O4Si6. The fraction of sp³-hybridized carbons (Fsp3) is 0.600. The van der Waals surface area contributed by atoms with Crippen molar-refractivity contribution in [1.82, 2.24) is 0 Å². The standard InChI is InChI=1S/2C10H24O2Si3/c2*1-9-13(3,4)11-15(7,8)12-14(5,6)10-2/h2*9-10H,1-2H2,3-8H3. The average molecular weight is 521 g/mol. The van der Waals surface area contributed by atoms with Crippen molar-refractivity contribution >= 4 is 50.4 Å². The molecular weight excluding hydrogens is 473 g/mol. The minimum atomic E-state index is -2.04. The largest absolute Gasteiger partial charge is 0.433 e. The Morgan fingerprint density at radius 2 is 0.500 bits per heavy atom. The molecule has 0 N–H and O–H groups in total. The van der Waals surface area contributed by atoms with Crippen molar-refractivity contribution in [3.63, 3.8) is 0 Å². The maximum atomic E-state index is 6.14. The van der Waals surface area contributed by atoms with Crippen molar-refractivity contribution in [3.8, 4) is 0 Å². The van der Waals surface area contributed by atoms with Gasteiger partial charge in [-0.15, -0.1) is 26.3 Å². The maximum absolute atomic E-state index is 6.14. The molecule has 0 spiro atoms. The van der Waals surface area contributed by atoms with Crippen molar-refractivity contribution in [3.05, 3.63) is 49.1 Å². The van der Waals surface area contributed by atoms with Gasteiger partial charge >= 0.3 is 17.1 Å². The monoisotopic (exact) mass is 520 g/mol. The molecule has 0 fully saturated rings. The lowest BCUT2D eigenvalue weighted by molar-refractivity contribution is 0.398. The molecule has 0 aromatic heterocycles. The SMILES string of the molecule is C=C[Si](C)(C)O[Si](C)(C)O[Si](C)(C)C=C.C=C[Si](C)(C)O[Si](C)(C)O[Si](C)(C)C=C.